The van der Waals surface area contributed by atoms with E-state index >= 15 is 0 Å². The molecule has 4 nitrogen and oxygen atoms in total. The average Bonchev–Trinajstić information content (AvgIpc) is 2.89. The molecule has 0 bridgehead atoms. The largest absolute Gasteiger partial charge is 0.376 e. The highest BCUT2D eigenvalue weighted by atomic mass is 35.5. The number of rotatable bonds is 5. The predicted octanol–water partition coefficient (Wildman–Crippen LogP) is 2.79. The lowest BCUT2D eigenvalue weighted by Gasteiger charge is -2.26. The summed E-state index contributed by atoms with van der Waals surface area (Å²) in [5.74, 6) is 1.74. The highest BCUT2D eigenvalue weighted by molar-refractivity contribution is 7.99. The molecule has 0 amide bonds. The van der Waals surface area contributed by atoms with Gasteiger partial charge in [0.25, 0.3) is 0 Å². The Labute approximate surface area is 133 Å². The Kier molecular flexibility index (Phi) is 5.26. The maximum Gasteiger partial charge on any atom is 0.242 e. The van der Waals surface area contributed by atoms with Crippen LogP contribution >= 0.6 is 35.0 Å². The normalized spacial score (nSPS) is 23.1. The molecule has 0 saturated carbocycles. The summed E-state index contributed by atoms with van der Waals surface area (Å²) in [6.07, 6.45) is 0.819. The second-order valence-electron chi connectivity index (χ2n) is 4.59. The van der Waals surface area contributed by atoms with Crippen LogP contribution in [0.5, 0.6) is 0 Å². The van der Waals surface area contributed by atoms with Crippen molar-refractivity contribution in [1.29, 1.82) is 0 Å². The lowest BCUT2D eigenvalue weighted by atomic mass is 10.0. The number of nitrogens with one attached hydrogen (secondary N) is 1. The lowest BCUT2D eigenvalue weighted by molar-refractivity contribution is 0.0179. The molecule has 1 atom stereocenters. The van der Waals surface area contributed by atoms with Crippen LogP contribution in [0.2, 0.25) is 10.0 Å². The van der Waals surface area contributed by atoms with Gasteiger partial charge in [-0.2, -0.15) is 11.8 Å². The quantitative estimate of drug-likeness (QED) is 0.882. The molecule has 1 fully saturated rings. The summed E-state index contributed by atoms with van der Waals surface area (Å²) in [6.45, 7) is 0.224. The fourth-order valence-corrected chi connectivity index (χ4v) is 5.22. The fraction of sp³-hybridized carbons (Fsp3) is 0.500. The highest BCUT2D eigenvalue weighted by Crippen LogP contribution is 2.31. The zero-order valence-corrected chi connectivity index (χ0v) is 14.0. The number of benzene rings is 1. The van der Waals surface area contributed by atoms with E-state index in [1.54, 1.807) is 24.9 Å². The fourth-order valence-electron chi connectivity index (χ4n) is 1.95. The molecule has 0 radical (unpaired) electrons. The predicted molar refractivity (Wildman–Crippen MR) is 83.3 cm³/mol. The Balaban J connectivity index is 2.17. The van der Waals surface area contributed by atoms with Gasteiger partial charge in [0.15, 0.2) is 0 Å². The minimum atomic E-state index is -3.70. The number of halogens is 2. The maximum atomic E-state index is 12.3. The number of hydrogen-bond acceptors (Lipinski definition) is 4. The molecule has 0 spiro atoms. The van der Waals surface area contributed by atoms with Crippen molar-refractivity contribution in [3.8, 4) is 0 Å². The molecular weight excluding hydrogens is 341 g/mol. The van der Waals surface area contributed by atoms with Gasteiger partial charge in [-0.25, -0.2) is 13.1 Å². The standard InChI is InChI=1S/C12H15Cl2NO3S2/c1-18-12(4-5-19-8-12)7-15-20(16,17)11-6-9(13)2-3-10(11)14/h2-3,6,15H,4-5,7-8H2,1H3. The molecule has 1 saturated heterocycles. The van der Waals surface area contributed by atoms with Crippen LogP contribution in [-0.2, 0) is 14.8 Å². The number of sulfonamides is 1. The summed E-state index contributed by atoms with van der Waals surface area (Å²) in [7, 11) is -2.10. The third-order valence-electron chi connectivity index (χ3n) is 3.27. The topological polar surface area (TPSA) is 55.4 Å². The van der Waals surface area contributed by atoms with E-state index in [2.05, 4.69) is 4.72 Å². The molecule has 1 aliphatic rings. The molecule has 1 N–H and O–H groups in total. The maximum absolute atomic E-state index is 12.3. The van der Waals surface area contributed by atoms with E-state index in [4.69, 9.17) is 27.9 Å². The first kappa shape index (κ1) is 16.4. The third kappa shape index (κ3) is 3.61. The first-order valence-corrected chi connectivity index (χ1v) is 9.36. The van der Waals surface area contributed by atoms with Crippen molar-refractivity contribution >= 4 is 45.0 Å². The van der Waals surface area contributed by atoms with E-state index in [1.165, 1.54) is 12.1 Å². The molecule has 8 heteroatoms. The van der Waals surface area contributed by atoms with E-state index in [0.29, 0.717) is 5.02 Å². The van der Waals surface area contributed by atoms with Crippen molar-refractivity contribution in [2.75, 3.05) is 25.2 Å². The zero-order valence-electron chi connectivity index (χ0n) is 10.9. The minimum Gasteiger partial charge on any atom is -0.376 e. The Morgan fingerprint density at radius 2 is 2.20 bits per heavy atom. The van der Waals surface area contributed by atoms with Crippen LogP contribution in [0.1, 0.15) is 6.42 Å². The number of methoxy groups -OCH3 is 1. The molecule has 1 heterocycles. The van der Waals surface area contributed by atoms with Crippen LogP contribution < -0.4 is 4.72 Å². The van der Waals surface area contributed by atoms with Gasteiger partial charge in [-0.1, -0.05) is 23.2 Å². The van der Waals surface area contributed by atoms with Gasteiger partial charge in [0.1, 0.15) is 4.90 Å². The zero-order chi connectivity index (χ0) is 14.8. The van der Waals surface area contributed by atoms with Crippen molar-refractivity contribution < 1.29 is 13.2 Å². The van der Waals surface area contributed by atoms with Crippen LogP contribution in [0.15, 0.2) is 23.1 Å². The van der Waals surface area contributed by atoms with Crippen LogP contribution in [-0.4, -0.2) is 39.2 Å². The Hall–Kier alpha value is 0.0200. The number of ether oxygens (including phenoxy) is 1. The van der Waals surface area contributed by atoms with Crippen LogP contribution in [0.25, 0.3) is 0 Å². The summed E-state index contributed by atoms with van der Waals surface area (Å²) in [4.78, 5) is -0.0106. The van der Waals surface area contributed by atoms with Gasteiger partial charge < -0.3 is 4.74 Å². The van der Waals surface area contributed by atoms with E-state index < -0.39 is 15.6 Å². The third-order valence-corrected chi connectivity index (χ3v) is 6.61. The van der Waals surface area contributed by atoms with Gasteiger partial charge in [0.05, 0.1) is 10.6 Å². The molecule has 1 aromatic rings. The van der Waals surface area contributed by atoms with Crippen LogP contribution in [0, 0.1) is 0 Å². The van der Waals surface area contributed by atoms with Crippen LogP contribution in [0.3, 0.4) is 0 Å². The summed E-state index contributed by atoms with van der Waals surface area (Å²) >= 11 is 13.5. The van der Waals surface area contributed by atoms with Gasteiger partial charge in [-0.15, -0.1) is 0 Å². The highest BCUT2D eigenvalue weighted by Gasteiger charge is 2.35. The van der Waals surface area contributed by atoms with Gasteiger partial charge in [-0.3, -0.25) is 0 Å². The summed E-state index contributed by atoms with van der Waals surface area (Å²) in [5.41, 5.74) is -0.442. The first-order chi connectivity index (χ1) is 9.38. The van der Waals surface area contributed by atoms with Crippen molar-refractivity contribution in [3.05, 3.63) is 28.2 Å². The second-order valence-corrected chi connectivity index (χ2v) is 8.27. The SMILES string of the molecule is COC1(CNS(=O)(=O)c2cc(Cl)ccc2Cl)CCSC1. The summed E-state index contributed by atoms with van der Waals surface area (Å²) in [6, 6.07) is 4.36. The lowest BCUT2D eigenvalue weighted by Crippen LogP contribution is -2.44. The second kappa shape index (κ2) is 6.42. The van der Waals surface area contributed by atoms with E-state index in [0.717, 1.165) is 17.9 Å². The molecule has 1 unspecified atom stereocenters. The van der Waals surface area contributed by atoms with E-state index in [-0.39, 0.29) is 16.5 Å². The monoisotopic (exact) mass is 355 g/mol. The van der Waals surface area contributed by atoms with Gasteiger partial charge in [0, 0.05) is 24.4 Å². The minimum absolute atomic E-state index is 0.0106. The molecule has 112 valence electrons. The number of thioether (sulfide) groups is 1. The molecule has 1 aromatic carbocycles. The van der Waals surface area contributed by atoms with E-state index in [1.807, 2.05) is 0 Å². The first-order valence-electron chi connectivity index (χ1n) is 5.96. The molecule has 2 rings (SSSR count). The van der Waals surface area contributed by atoms with Crippen molar-refractivity contribution in [2.24, 2.45) is 0 Å². The smallest absolute Gasteiger partial charge is 0.242 e. The molecular formula is C12H15Cl2NO3S2. The Morgan fingerprint density at radius 1 is 1.45 bits per heavy atom. The van der Waals surface area contributed by atoms with E-state index in [9.17, 15) is 8.42 Å². The van der Waals surface area contributed by atoms with Crippen LogP contribution in [0.4, 0.5) is 0 Å². The van der Waals surface area contributed by atoms with Crippen molar-refractivity contribution in [3.63, 3.8) is 0 Å². The Bertz CT molecular complexity index is 586. The van der Waals surface area contributed by atoms with Gasteiger partial charge >= 0.3 is 0 Å². The summed E-state index contributed by atoms with van der Waals surface area (Å²) in [5, 5.41) is 0.474. The Morgan fingerprint density at radius 3 is 2.80 bits per heavy atom. The summed E-state index contributed by atoms with van der Waals surface area (Å²) < 4.78 is 32.7. The van der Waals surface area contributed by atoms with Gasteiger partial charge in [0.2, 0.25) is 10.0 Å². The molecule has 20 heavy (non-hydrogen) atoms. The molecule has 0 aromatic heterocycles. The molecule has 0 aliphatic carbocycles. The average molecular weight is 356 g/mol. The van der Waals surface area contributed by atoms with Crippen molar-refractivity contribution in [1.82, 2.24) is 4.72 Å². The van der Waals surface area contributed by atoms with Gasteiger partial charge in [-0.05, 0) is 30.4 Å². The number of hydrogen-bond donors (Lipinski definition) is 1. The van der Waals surface area contributed by atoms with Crippen molar-refractivity contribution in [2.45, 2.75) is 16.9 Å². The molecule has 1 aliphatic heterocycles.